The molecule has 1 saturated carbocycles. The van der Waals surface area contributed by atoms with Gasteiger partial charge in [-0.3, -0.25) is 14.2 Å². The van der Waals surface area contributed by atoms with Gasteiger partial charge in [-0.05, 0) is 31.7 Å². The molecule has 144 valence electrons. The predicted molar refractivity (Wildman–Crippen MR) is 105 cm³/mol. The molecule has 3 heterocycles. The van der Waals surface area contributed by atoms with Crippen molar-refractivity contribution in [3.8, 4) is 0 Å². The summed E-state index contributed by atoms with van der Waals surface area (Å²) in [6.07, 6.45) is 7.01. The molecule has 27 heavy (non-hydrogen) atoms. The van der Waals surface area contributed by atoms with Crippen molar-refractivity contribution in [2.24, 2.45) is 5.92 Å². The van der Waals surface area contributed by atoms with Crippen LogP contribution in [0.3, 0.4) is 0 Å². The van der Waals surface area contributed by atoms with E-state index in [4.69, 9.17) is 4.98 Å². The van der Waals surface area contributed by atoms with Crippen LogP contribution in [0.1, 0.15) is 43.7 Å². The van der Waals surface area contributed by atoms with E-state index < -0.39 is 0 Å². The monoisotopic (exact) mass is 369 g/mol. The topological polar surface area (TPSA) is 71.3 Å². The normalized spacial score (nSPS) is 20.6. The van der Waals surface area contributed by atoms with Crippen LogP contribution in [0, 0.1) is 12.8 Å². The average molecular weight is 369 g/mol. The lowest BCUT2D eigenvalue weighted by Gasteiger charge is -2.21. The summed E-state index contributed by atoms with van der Waals surface area (Å²) >= 11 is 0. The van der Waals surface area contributed by atoms with E-state index in [1.165, 1.54) is 0 Å². The maximum atomic E-state index is 12.7. The molecule has 4 rings (SSSR count). The first-order chi connectivity index (χ1) is 13.0. The molecule has 0 N–H and O–H groups in total. The molecule has 2 aliphatic rings. The molecule has 1 aliphatic carbocycles. The van der Waals surface area contributed by atoms with Crippen LogP contribution in [-0.2, 0) is 4.79 Å². The quantitative estimate of drug-likeness (QED) is 0.829. The van der Waals surface area contributed by atoms with Gasteiger partial charge in [0.2, 0.25) is 11.9 Å². The molecule has 2 fully saturated rings. The van der Waals surface area contributed by atoms with E-state index in [-0.39, 0.29) is 23.4 Å². The summed E-state index contributed by atoms with van der Waals surface area (Å²) in [6, 6.07) is 1.93. The molecule has 1 amide bonds. The Morgan fingerprint density at radius 1 is 1.22 bits per heavy atom. The van der Waals surface area contributed by atoms with E-state index in [1.54, 1.807) is 25.1 Å². The van der Waals surface area contributed by atoms with Crippen molar-refractivity contribution < 1.29 is 4.79 Å². The summed E-state index contributed by atoms with van der Waals surface area (Å²) in [7, 11) is 3.58. The van der Waals surface area contributed by atoms with Crippen LogP contribution in [0.5, 0.6) is 0 Å². The molecule has 7 nitrogen and oxygen atoms in total. The first-order valence-electron chi connectivity index (χ1n) is 9.80. The van der Waals surface area contributed by atoms with Gasteiger partial charge in [-0.15, -0.1) is 0 Å². The van der Waals surface area contributed by atoms with Crippen LogP contribution in [0.15, 0.2) is 17.1 Å². The number of aromatic nitrogens is 3. The third kappa shape index (κ3) is 3.19. The number of fused-ring (bicyclic) bond motifs is 1. The molecule has 0 spiro atoms. The van der Waals surface area contributed by atoms with Crippen molar-refractivity contribution in [3.63, 3.8) is 0 Å². The minimum atomic E-state index is -0.0196. The lowest BCUT2D eigenvalue weighted by molar-refractivity contribution is -0.132. The van der Waals surface area contributed by atoms with Gasteiger partial charge in [0.05, 0.1) is 5.92 Å². The van der Waals surface area contributed by atoms with Gasteiger partial charge in [-0.2, -0.15) is 4.98 Å². The summed E-state index contributed by atoms with van der Waals surface area (Å²) < 4.78 is 1.87. The predicted octanol–water partition coefficient (Wildman–Crippen LogP) is 2.13. The van der Waals surface area contributed by atoms with E-state index in [0.717, 1.165) is 55.2 Å². The van der Waals surface area contributed by atoms with Gasteiger partial charge >= 0.3 is 0 Å². The zero-order valence-corrected chi connectivity index (χ0v) is 16.3. The molecular weight excluding hydrogens is 342 g/mol. The number of carbonyl (C=O) groups is 1. The Morgan fingerprint density at radius 2 is 1.96 bits per heavy atom. The average Bonchev–Trinajstić information content (AvgIpc) is 3.32. The van der Waals surface area contributed by atoms with Crippen molar-refractivity contribution in [3.05, 3.63) is 28.2 Å². The van der Waals surface area contributed by atoms with Crippen molar-refractivity contribution in [1.82, 2.24) is 19.4 Å². The highest BCUT2D eigenvalue weighted by Gasteiger charge is 2.31. The minimum Gasteiger partial charge on any atom is -0.349 e. The van der Waals surface area contributed by atoms with E-state index in [2.05, 4.69) is 9.88 Å². The summed E-state index contributed by atoms with van der Waals surface area (Å²) in [5.74, 6) is 0.749. The fourth-order valence-electron chi connectivity index (χ4n) is 4.44. The standard InChI is InChI=1S/C20H27N5O2/c1-13-10-17(26)25(15-6-4-5-7-15)18-16(13)11-21-20(22-18)24-9-8-14(12-24)19(27)23(2)3/h10-11,14-15H,4-9,12H2,1-3H3. The Balaban J connectivity index is 1.72. The lowest BCUT2D eigenvalue weighted by atomic mass is 10.1. The number of nitrogens with zero attached hydrogens (tertiary/aromatic N) is 5. The largest absolute Gasteiger partial charge is 0.349 e. The Labute approximate surface area is 159 Å². The van der Waals surface area contributed by atoms with Gasteiger partial charge in [0.25, 0.3) is 5.56 Å². The number of aryl methyl sites for hydroxylation is 1. The van der Waals surface area contributed by atoms with Crippen LogP contribution in [0.25, 0.3) is 11.0 Å². The highest BCUT2D eigenvalue weighted by atomic mass is 16.2. The third-order valence-electron chi connectivity index (χ3n) is 5.94. The number of pyridine rings is 1. The fourth-order valence-corrected chi connectivity index (χ4v) is 4.44. The zero-order valence-electron chi connectivity index (χ0n) is 16.3. The summed E-state index contributed by atoms with van der Waals surface area (Å²) in [5.41, 5.74) is 1.68. The van der Waals surface area contributed by atoms with Gasteiger partial charge in [-0.1, -0.05) is 12.8 Å². The lowest BCUT2D eigenvalue weighted by Crippen LogP contribution is -2.32. The molecule has 7 heteroatoms. The van der Waals surface area contributed by atoms with E-state index in [9.17, 15) is 9.59 Å². The van der Waals surface area contributed by atoms with Gasteiger partial charge < -0.3 is 9.80 Å². The molecular formula is C20H27N5O2. The Kier molecular flexibility index (Phi) is 4.61. The molecule has 1 aliphatic heterocycles. The number of hydrogen-bond donors (Lipinski definition) is 0. The van der Waals surface area contributed by atoms with Crippen molar-refractivity contribution >= 4 is 22.9 Å². The van der Waals surface area contributed by atoms with E-state index >= 15 is 0 Å². The molecule has 2 aromatic rings. The Hall–Kier alpha value is -2.44. The highest BCUT2D eigenvalue weighted by molar-refractivity contribution is 5.81. The molecule has 1 unspecified atom stereocenters. The van der Waals surface area contributed by atoms with Crippen LogP contribution in [0.2, 0.25) is 0 Å². The van der Waals surface area contributed by atoms with Crippen LogP contribution in [-0.4, -0.2) is 52.5 Å². The molecule has 0 aromatic carbocycles. The second-order valence-corrected chi connectivity index (χ2v) is 8.05. The van der Waals surface area contributed by atoms with E-state index in [0.29, 0.717) is 12.5 Å². The SMILES string of the molecule is Cc1cc(=O)n(C2CCCC2)c2nc(N3CCC(C(=O)N(C)C)C3)ncc12. The second-order valence-electron chi connectivity index (χ2n) is 8.05. The number of rotatable bonds is 3. The van der Waals surface area contributed by atoms with Gasteiger partial charge in [0.1, 0.15) is 5.65 Å². The Bertz CT molecular complexity index is 930. The summed E-state index contributed by atoms with van der Waals surface area (Å²) in [5, 5.41) is 0.936. The maximum Gasteiger partial charge on any atom is 0.252 e. The van der Waals surface area contributed by atoms with Crippen molar-refractivity contribution in [2.45, 2.75) is 45.1 Å². The van der Waals surface area contributed by atoms with Crippen LogP contribution in [0.4, 0.5) is 5.95 Å². The number of carbonyl (C=O) groups excluding carboxylic acids is 1. The number of anilines is 1. The van der Waals surface area contributed by atoms with Gasteiger partial charge in [0.15, 0.2) is 0 Å². The van der Waals surface area contributed by atoms with Gasteiger partial charge in [-0.25, -0.2) is 4.98 Å². The van der Waals surface area contributed by atoms with E-state index in [1.807, 2.05) is 17.7 Å². The molecule has 2 aromatic heterocycles. The third-order valence-corrected chi connectivity index (χ3v) is 5.94. The van der Waals surface area contributed by atoms with Crippen LogP contribution >= 0.6 is 0 Å². The maximum absolute atomic E-state index is 12.7. The first kappa shape index (κ1) is 17.9. The number of hydrogen-bond acceptors (Lipinski definition) is 5. The Morgan fingerprint density at radius 3 is 2.67 bits per heavy atom. The van der Waals surface area contributed by atoms with Crippen LogP contribution < -0.4 is 10.5 Å². The summed E-state index contributed by atoms with van der Waals surface area (Å²) in [6.45, 7) is 3.32. The van der Waals surface area contributed by atoms with Crippen molar-refractivity contribution in [1.29, 1.82) is 0 Å². The molecule has 1 saturated heterocycles. The minimum absolute atomic E-state index is 0.0196. The zero-order chi connectivity index (χ0) is 19.1. The summed E-state index contributed by atoms with van der Waals surface area (Å²) in [4.78, 5) is 38.1. The molecule has 0 bridgehead atoms. The number of amides is 1. The molecule has 0 radical (unpaired) electrons. The van der Waals surface area contributed by atoms with Crippen molar-refractivity contribution in [2.75, 3.05) is 32.1 Å². The highest BCUT2D eigenvalue weighted by Crippen LogP contribution is 2.31. The fraction of sp³-hybridized carbons (Fsp3) is 0.600. The molecule has 1 atom stereocenters. The second kappa shape index (κ2) is 6.94. The van der Waals surface area contributed by atoms with Gasteiger partial charge in [0, 0.05) is 50.9 Å². The smallest absolute Gasteiger partial charge is 0.252 e. The first-order valence-corrected chi connectivity index (χ1v) is 9.80.